The smallest absolute Gasteiger partial charge is 0.158 e. The van der Waals surface area contributed by atoms with E-state index in [0.717, 1.165) is 50.0 Å². The number of aromatic nitrogens is 2. The summed E-state index contributed by atoms with van der Waals surface area (Å²) in [5.41, 5.74) is 0. The molecule has 2 rings (SSSR count). The lowest BCUT2D eigenvalue weighted by Crippen LogP contribution is -2.40. The highest BCUT2D eigenvalue weighted by Gasteiger charge is 2.22. The van der Waals surface area contributed by atoms with Gasteiger partial charge < -0.3 is 19.7 Å². The summed E-state index contributed by atoms with van der Waals surface area (Å²) in [6.45, 7) is 7.79. The Morgan fingerprint density at radius 2 is 2.19 bits per heavy atom. The second kappa shape index (κ2) is 8.14. The number of hydrogen-bond donors (Lipinski definition) is 1. The fourth-order valence-electron chi connectivity index (χ4n) is 2.55. The van der Waals surface area contributed by atoms with Gasteiger partial charge in [-0.05, 0) is 26.7 Å². The molecule has 118 valence electrons. The molecule has 6 nitrogen and oxygen atoms in total. The van der Waals surface area contributed by atoms with E-state index in [1.165, 1.54) is 0 Å². The van der Waals surface area contributed by atoms with E-state index in [4.69, 9.17) is 9.47 Å². The highest BCUT2D eigenvalue weighted by Crippen LogP contribution is 2.22. The SMILES string of the molecule is CCOCc1nc(NC)cc(N2CCCC(OCC)C2)n1. The first-order valence-corrected chi connectivity index (χ1v) is 7.76. The highest BCUT2D eigenvalue weighted by molar-refractivity contribution is 5.49. The predicted molar refractivity (Wildman–Crippen MR) is 83.8 cm³/mol. The average molecular weight is 294 g/mol. The molecular formula is C15H26N4O2. The van der Waals surface area contributed by atoms with Crippen LogP contribution in [0.5, 0.6) is 0 Å². The number of ether oxygens (including phenoxy) is 2. The lowest BCUT2D eigenvalue weighted by Gasteiger charge is -2.33. The Bertz CT molecular complexity index is 440. The predicted octanol–water partition coefficient (Wildman–Crippen LogP) is 2.06. The third-order valence-electron chi connectivity index (χ3n) is 3.55. The topological polar surface area (TPSA) is 59.5 Å². The number of nitrogens with one attached hydrogen (secondary N) is 1. The molecular weight excluding hydrogens is 268 g/mol. The zero-order chi connectivity index (χ0) is 15.1. The van der Waals surface area contributed by atoms with Crippen LogP contribution < -0.4 is 10.2 Å². The van der Waals surface area contributed by atoms with Gasteiger partial charge in [-0.3, -0.25) is 0 Å². The molecule has 1 saturated heterocycles. The summed E-state index contributed by atoms with van der Waals surface area (Å²) in [4.78, 5) is 11.3. The van der Waals surface area contributed by atoms with Crippen molar-refractivity contribution in [3.05, 3.63) is 11.9 Å². The molecule has 0 radical (unpaired) electrons. The van der Waals surface area contributed by atoms with E-state index in [-0.39, 0.29) is 0 Å². The molecule has 0 amide bonds. The summed E-state index contributed by atoms with van der Waals surface area (Å²) in [5, 5.41) is 3.10. The van der Waals surface area contributed by atoms with Crippen LogP contribution >= 0.6 is 0 Å². The van der Waals surface area contributed by atoms with Crippen LogP contribution in [0, 0.1) is 0 Å². The van der Waals surface area contributed by atoms with Gasteiger partial charge in [0.15, 0.2) is 5.82 Å². The first kappa shape index (κ1) is 16.0. The van der Waals surface area contributed by atoms with Crippen molar-refractivity contribution in [2.75, 3.05) is 43.6 Å². The largest absolute Gasteiger partial charge is 0.377 e. The van der Waals surface area contributed by atoms with E-state index in [0.29, 0.717) is 19.3 Å². The van der Waals surface area contributed by atoms with Crippen molar-refractivity contribution in [1.82, 2.24) is 9.97 Å². The maximum absolute atomic E-state index is 5.76. The summed E-state index contributed by atoms with van der Waals surface area (Å²) in [6, 6.07) is 1.99. The number of piperidine rings is 1. The van der Waals surface area contributed by atoms with Crippen molar-refractivity contribution in [2.45, 2.75) is 39.4 Å². The molecule has 1 fully saturated rings. The number of rotatable bonds is 7. The van der Waals surface area contributed by atoms with Crippen molar-refractivity contribution in [3.63, 3.8) is 0 Å². The Kier molecular flexibility index (Phi) is 6.20. The van der Waals surface area contributed by atoms with Crippen molar-refractivity contribution >= 4 is 11.6 Å². The molecule has 2 heterocycles. The van der Waals surface area contributed by atoms with E-state index < -0.39 is 0 Å². The van der Waals surface area contributed by atoms with Crippen molar-refractivity contribution in [1.29, 1.82) is 0 Å². The third kappa shape index (κ3) is 4.54. The summed E-state index contributed by atoms with van der Waals surface area (Å²) < 4.78 is 11.2. The van der Waals surface area contributed by atoms with Gasteiger partial charge in [0.2, 0.25) is 0 Å². The molecule has 1 atom stereocenters. The van der Waals surface area contributed by atoms with Gasteiger partial charge in [-0.1, -0.05) is 0 Å². The highest BCUT2D eigenvalue weighted by atomic mass is 16.5. The van der Waals surface area contributed by atoms with Crippen LogP contribution in [0.2, 0.25) is 0 Å². The molecule has 6 heteroatoms. The molecule has 0 aromatic carbocycles. The van der Waals surface area contributed by atoms with Crippen LogP contribution in [0.4, 0.5) is 11.6 Å². The molecule has 21 heavy (non-hydrogen) atoms. The van der Waals surface area contributed by atoms with E-state index in [1.54, 1.807) is 0 Å². The monoisotopic (exact) mass is 294 g/mol. The summed E-state index contributed by atoms with van der Waals surface area (Å²) in [5.74, 6) is 2.50. The molecule has 1 aromatic rings. The minimum Gasteiger partial charge on any atom is -0.377 e. The molecule has 0 spiro atoms. The van der Waals surface area contributed by atoms with Crippen LogP contribution in [-0.2, 0) is 16.1 Å². The zero-order valence-electron chi connectivity index (χ0n) is 13.3. The third-order valence-corrected chi connectivity index (χ3v) is 3.55. The lowest BCUT2D eigenvalue weighted by molar-refractivity contribution is 0.0525. The minimum atomic E-state index is 0.298. The fraction of sp³-hybridized carbons (Fsp3) is 0.733. The maximum Gasteiger partial charge on any atom is 0.158 e. The maximum atomic E-state index is 5.76. The fourth-order valence-corrected chi connectivity index (χ4v) is 2.55. The molecule has 1 aromatic heterocycles. The van der Waals surface area contributed by atoms with E-state index >= 15 is 0 Å². The van der Waals surface area contributed by atoms with Crippen molar-refractivity contribution in [3.8, 4) is 0 Å². The summed E-state index contributed by atoms with van der Waals surface area (Å²) in [7, 11) is 1.87. The van der Waals surface area contributed by atoms with Crippen LogP contribution in [-0.4, -0.2) is 49.4 Å². The number of nitrogens with zero attached hydrogens (tertiary/aromatic N) is 3. The molecule has 0 aliphatic carbocycles. The van der Waals surface area contributed by atoms with E-state index in [1.807, 2.05) is 27.0 Å². The van der Waals surface area contributed by atoms with Crippen LogP contribution in [0.25, 0.3) is 0 Å². The second-order valence-electron chi connectivity index (χ2n) is 5.08. The van der Waals surface area contributed by atoms with Gasteiger partial charge >= 0.3 is 0 Å². The first-order valence-electron chi connectivity index (χ1n) is 7.76. The van der Waals surface area contributed by atoms with Gasteiger partial charge in [-0.2, -0.15) is 0 Å². The molecule has 1 N–H and O–H groups in total. The van der Waals surface area contributed by atoms with E-state index in [9.17, 15) is 0 Å². The van der Waals surface area contributed by atoms with Gasteiger partial charge in [0.1, 0.15) is 18.2 Å². The van der Waals surface area contributed by atoms with Gasteiger partial charge in [0.25, 0.3) is 0 Å². The average Bonchev–Trinajstić information content (AvgIpc) is 2.53. The normalized spacial score (nSPS) is 18.8. The Morgan fingerprint density at radius 1 is 1.33 bits per heavy atom. The van der Waals surface area contributed by atoms with Crippen molar-refractivity contribution < 1.29 is 9.47 Å². The standard InChI is InChI=1S/C15H26N4O2/c1-4-20-11-14-17-13(16-3)9-15(18-14)19-8-6-7-12(10-19)21-5-2/h9,12H,4-8,10-11H2,1-3H3,(H,16,17,18). The quantitative estimate of drug-likeness (QED) is 0.830. The Labute approximate surface area is 126 Å². The summed E-state index contributed by atoms with van der Waals surface area (Å²) in [6.07, 6.45) is 2.55. The molecule has 1 aliphatic rings. The number of anilines is 2. The van der Waals surface area contributed by atoms with Gasteiger partial charge in [-0.15, -0.1) is 0 Å². The first-order chi connectivity index (χ1) is 10.3. The Morgan fingerprint density at radius 3 is 2.90 bits per heavy atom. The number of hydrogen-bond acceptors (Lipinski definition) is 6. The molecule has 0 saturated carbocycles. The lowest BCUT2D eigenvalue weighted by atomic mass is 10.1. The van der Waals surface area contributed by atoms with Crippen molar-refractivity contribution in [2.24, 2.45) is 0 Å². The Hall–Kier alpha value is -1.40. The molecule has 1 unspecified atom stereocenters. The minimum absolute atomic E-state index is 0.298. The van der Waals surface area contributed by atoms with Gasteiger partial charge in [0, 0.05) is 39.4 Å². The van der Waals surface area contributed by atoms with Crippen LogP contribution in [0.15, 0.2) is 6.07 Å². The summed E-state index contributed by atoms with van der Waals surface area (Å²) >= 11 is 0. The second-order valence-corrected chi connectivity index (χ2v) is 5.08. The van der Waals surface area contributed by atoms with Crippen LogP contribution in [0.1, 0.15) is 32.5 Å². The van der Waals surface area contributed by atoms with Gasteiger partial charge in [0.05, 0.1) is 6.10 Å². The molecule has 1 aliphatic heterocycles. The Balaban J connectivity index is 2.13. The van der Waals surface area contributed by atoms with E-state index in [2.05, 4.69) is 20.2 Å². The zero-order valence-corrected chi connectivity index (χ0v) is 13.3. The van der Waals surface area contributed by atoms with Gasteiger partial charge in [-0.25, -0.2) is 9.97 Å². The van der Waals surface area contributed by atoms with Crippen LogP contribution in [0.3, 0.4) is 0 Å². The molecule has 0 bridgehead atoms.